The van der Waals surface area contributed by atoms with E-state index < -0.39 is 0 Å². The molecule has 0 bridgehead atoms. The first kappa shape index (κ1) is 17.0. The molecule has 6 heteroatoms. The van der Waals surface area contributed by atoms with Gasteiger partial charge in [-0.15, -0.1) is 0 Å². The van der Waals surface area contributed by atoms with Crippen molar-refractivity contribution in [1.29, 1.82) is 0 Å². The molecular weight excluding hydrogens is 334 g/mol. The number of rotatable bonds is 6. The number of amides is 1. The molecule has 0 saturated carbocycles. The number of nitrogens with one attached hydrogen (secondary N) is 1. The molecule has 0 fully saturated rings. The number of carbonyl (C=O) groups is 2. The molecule has 3 rings (SSSR count). The number of carbonyl (C=O) groups excluding carboxylic acids is 2. The van der Waals surface area contributed by atoms with Crippen molar-refractivity contribution in [2.24, 2.45) is 7.05 Å². The van der Waals surface area contributed by atoms with Gasteiger partial charge in [-0.1, -0.05) is 54.2 Å². The molecule has 0 aliphatic carbocycles. The average molecular weight is 351 g/mol. The Kier molecular flexibility index (Phi) is 5.30. The molecule has 1 heterocycles. The van der Waals surface area contributed by atoms with Gasteiger partial charge in [-0.3, -0.25) is 9.59 Å². The van der Waals surface area contributed by atoms with Gasteiger partial charge in [0.05, 0.1) is 11.4 Å². The predicted octanol–water partition coefficient (Wildman–Crippen LogP) is 3.38. The van der Waals surface area contributed by atoms with Crippen LogP contribution < -0.4 is 5.32 Å². The van der Waals surface area contributed by atoms with Crippen LogP contribution in [0, 0.1) is 0 Å². The molecule has 0 atom stereocenters. The van der Waals surface area contributed by atoms with E-state index in [0.29, 0.717) is 16.8 Å². The highest BCUT2D eigenvalue weighted by atomic mass is 32.2. The standard InChI is InChI=1S/C19H17N3O2S/c1-22-12-11-20-19(22)25-13-17(23)21-16-10-6-5-9-15(16)18(24)14-7-3-2-4-8-14/h2-12H,13H2,1H3,(H,21,23). The number of nitrogens with zero attached hydrogens (tertiary/aromatic N) is 2. The lowest BCUT2D eigenvalue weighted by Gasteiger charge is -2.10. The third kappa shape index (κ3) is 4.16. The van der Waals surface area contributed by atoms with Crippen LogP contribution in [0.3, 0.4) is 0 Å². The maximum Gasteiger partial charge on any atom is 0.234 e. The second-order valence-electron chi connectivity index (χ2n) is 5.40. The summed E-state index contributed by atoms with van der Waals surface area (Å²) in [5.41, 5.74) is 1.58. The fraction of sp³-hybridized carbons (Fsp3) is 0.105. The number of hydrogen-bond acceptors (Lipinski definition) is 4. The van der Waals surface area contributed by atoms with E-state index in [2.05, 4.69) is 10.3 Å². The van der Waals surface area contributed by atoms with E-state index in [1.165, 1.54) is 11.8 Å². The molecule has 1 aromatic heterocycles. The zero-order valence-electron chi connectivity index (χ0n) is 13.7. The third-order valence-corrected chi connectivity index (χ3v) is 4.65. The summed E-state index contributed by atoms with van der Waals surface area (Å²) in [6, 6.07) is 16.1. The lowest BCUT2D eigenvalue weighted by molar-refractivity contribution is -0.113. The molecule has 0 unspecified atom stereocenters. The van der Waals surface area contributed by atoms with Crippen molar-refractivity contribution in [1.82, 2.24) is 9.55 Å². The number of hydrogen-bond donors (Lipinski definition) is 1. The van der Waals surface area contributed by atoms with Crippen molar-refractivity contribution in [2.75, 3.05) is 11.1 Å². The summed E-state index contributed by atoms with van der Waals surface area (Å²) in [6.07, 6.45) is 3.52. The Morgan fingerprint density at radius 1 is 1.08 bits per heavy atom. The second kappa shape index (κ2) is 7.81. The molecule has 1 N–H and O–H groups in total. The molecule has 126 valence electrons. The number of ketones is 1. The van der Waals surface area contributed by atoms with Crippen molar-refractivity contribution < 1.29 is 9.59 Å². The third-order valence-electron chi connectivity index (χ3n) is 3.59. The Labute approximate surface area is 150 Å². The van der Waals surface area contributed by atoms with E-state index in [4.69, 9.17) is 0 Å². The van der Waals surface area contributed by atoms with Crippen LogP contribution >= 0.6 is 11.8 Å². The number of benzene rings is 2. The summed E-state index contributed by atoms with van der Waals surface area (Å²) in [4.78, 5) is 29.1. The Bertz CT molecular complexity index is 890. The van der Waals surface area contributed by atoms with Gasteiger partial charge in [0.15, 0.2) is 10.9 Å². The van der Waals surface area contributed by atoms with Crippen LogP contribution in [0.15, 0.2) is 72.1 Å². The number of thioether (sulfide) groups is 1. The zero-order chi connectivity index (χ0) is 17.6. The van der Waals surface area contributed by atoms with Gasteiger partial charge in [-0.2, -0.15) is 0 Å². The van der Waals surface area contributed by atoms with E-state index >= 15 is 0 Å². The van der Waals surface area contributed by atoms with Crippen LogP contribution in [0.25, 0.3) is 0 Å². The highest BCUT2D eigenvalue weighted by Gasteiger charge is 2.15. The molecule has 3 aromatic rings. The molecule has 0 spiro atoms. The van der Waals surface area contributed by atoms with Crippen molar-refractivity contribution in [3.05, 3.63) is 78.1 Å². The van der Waals surface area contributed by atoms with Crippen LogP contribution in [0.1, 0.15) is 15.9 Å². The number of anilines is 1. The van der Waals surface area contributed by atoms with E-state index in [-0.39, 0.29) is 17.4 Å². The number of aryl methyl sites for hydroxylation is 1. The molecular formula is C19H17N3O2S. The van der Waals surface area contributed by atoms with Crippen LogP contribution in [0.2, 0.25) is 0 Å². The largest absolute Gasteiger partial charge is 0.329 e. The Hall–Kier alpha value is -2.86. The molecule has 5 nitrogen and oxygen atoms in total. The molecule has 0 radical (unpaired) electrons. The van der Waals surface area contributed by atoms with E-state index in [1.54, 1.807) is 42.6 Å². The van der Waals surface area contributed by atoms with Crippen molar-refractivity contribution in [3.8, 4) is 0 Å². The smallest absolute Gasteiger partial charge is 0.234 e. The summed E-state index contributed by atoms with van der Waals surface area (Å²) in [6.45, 7) is 0. The predicted molar refractivity (Wildman–Crippen MR) is 98.9 cm³/mol. The van der Waals surface area contributed by atoms with Crippen LogP contribution in [-0.4, -0.2) is 27.0 Å². The van der Waals surface area contributed by atoms with Gasteiger partial charge < -0.3 is 9.88 Å². The minimum Gasteiger partial charge on any atom is -0.329 e. The zero-order valence-corrected chi connectivity index (χ0v) is 14.5. The molecule has 1 amide bonds. The van der Waals surface area contributed by atoms with Gasteiger partial charge in [-0.05, 0) is 12.1 Å². The Morgan fingerprint density at radius 2 is 1.80 bits per heavy atom. The van der Waals surface area contributed by atoms with Gasteiger partial charge in [0.1, 0.15) is 0 Å². The van der Waals surface area contributed by atoms with Gasteiger partial charge >= 0.3 is 0 Å². The summed E-state index contributed by atoms with van der Waals surface area (Å²) < 4.78 is 1.85. The van der Waals surface area contributed by atoms with E-state index in [0.717, 1.165) is 5.16 Å². The lowest BCUT2D eigenvalue weighted by Crippen LogP contribution is -2.17. The van der Waals surface area contributed by atoms with Gasteiger partial charge in [0.25, 0.3) is 0 Å². The molecule has 0 aliphatic rings. The lowest BCUT2D eigenvalue weighted by atomic mass is 10.0. The minimum atomic E-state index is -0.179. The van der Waals surface area contributed by atoms with Crippen molar-refractivity contribution in [3.63, 3.8) is 0 Å². The number of para-hydroxylation sites is 1. The molecule has 25 heavy (non-hydrogen) atoms. The van der Waals surface area contributed by atoms with Gasteiger partial charge in [-0.25, -0.2) is 4.98 Å². The first-order valence-electron chi connectivity index (χ1n) is 7.74. The minimum absolute atomic E-state index is 0.117. The van der Waals surface area contributed by atoms with Gasteiger partial charge in [0, 0.05) is 30.6 Å². The van der Waals surface area contributed by atoms with E-state index in [9.17, 15) is 9.59 Å². The van der Waals surface area contributed by atoms with Crippen LogP contribution in [0.4, 0.5) is 5.69 Å². The molecule has 0 aliphatic heterocycles. The maximum atomic E-state index is 12.7. The molecule has 0 saturated heterocycles. The van der Waals surface area contributed by atoms with Gasteiger partial charge in [0.2, 0.25) is 5.91 Å². The fourth-order valence-electron chi connectivity index (χ4n) is 2.34. The Morgan fingerprint density at radius 3 is 2.52 bits per heavy atom. The summed E-state index contributed by atoms with van der Waals surface area (Å²) in [7, 11) is 1.88. The van der Waals surface area contributed by atoms with Crippen molar-refractivity contribution in [2.45, 2.75) is 5.16 Å². The normalized spacial score (nSPS) is 10.4. The van der Waals surface area contributed by atoms with E-state index in [1.807, 2.05) is 36.0 Å². The molecule has 2 aromatic carbocycles. The Balaban J connectivity index is 1.71. The summed E-state index contributed by atoms with van der Waals surface area (Å²) in [5, 5.41) is 3.59. The first-order chi connectivity index (χ1) is 12.1. The average Bonchev–Trinajstić information content (AvgIpc) is 3.05. The fourth-order valence-corrected chi connectivity index (χ4v) is 3.07. The summed E-state index contributed by atoms with van der Waals surface area (Å²) in [5.74, 6) is -0.0758. The van der Waals surface area contributed by atoms with Crippen LogP contribution in [-0.2, 0) is 11.8 Å². The summed E-state index contributed by atoms with van der Waals surface area (Å²) >= 11 is 1.35. The monoisotopic (exact) mass is 351 g/mol. The topological polar surface area (TPSA) is 64.0 Å². The van der Waals surface area contributed by atoms with Crippen LogP contribution in [0.5, 0.6) is 0 Å². The highest BCUT2D eigenvalue weighted by molar-refractivity contribution is 7.99. The van der Waals surface area contributed by atoms with Crippen molar-refractivity contribution >= 4 is 29.1 Å². The second-order valence-corrected chi connectivity index (χ2v) is 6.34. The SMILES string of the molecule is Cn1ccnc1SCC(=O)Nc1ccccc1C(=O)c1ccccc1. The maximum absolute atomic E-state index is 12.7. The quantitative estimate of drug-likeness (QED) is 0.546. The number of aromatic nitrogens is 2. The number of imidazole rings is 1. The highest BCUT2D eigenvalue weighted by Crippen LogP contribution is 2.20. The first-order valence-corrected chi connectivity index (χ1v) is 8.72.